The van der Waals surface area contributed by atoms with Gasteiger partial charge < -0.3 is 4.74 Å². The first kappa shape index (κ1) is 14.9. The number of hydrogen-bond acceptors (Lipinski definition) is 3. The fraction of sp³-hybridized carbons (Fsp3) is 0.625. The molecule has 116 valence electrons. The van der Waals surface area contributed by atoms with Crippen LogP contribution in [0.25, 0.3) is 0 Å². The van der Waals surface area contributed by atoms with Gasteiger partial charge in [0.25, 0.3) is 0 Å². The van der Waals surface area contributed by atoms with Gasteiger partial charge in [-0.15, -0.1) is 0 Å². The Labute approximate surface area is 126 Å². The molecule has 0 heterocycles. The number of methoxy groups -OCH3 is 1. The van der Waals surface area contributed by atoms with E-state index in [1.165, 1.54) is 19.3 Å². The van der Waals surface area contributed by atoms with Gasteiger partial charge in [-0.3, -0.25) is 0 Å². The summed E-state index contributed by atoms with van der Waals surface area (Å²) in [6.45, 7) is 3.65. The largest absolute Gasteiger partial charge is 0.497 e. The summed E-state index contributed by atoms with van der Waals surface area (Å²) in [7, 11) is -1.86. The maximum atomic E-state index is 12.8. The second-order valence-electron chi connectivity index (χ2n) is 6.49. The average molecular weight is 309 g/mol. The zero-order valence-corrected chi connectivity index (χ0v) is 13.7. The van der Waals surface area contributed by atoms with Crippen LogP contribution in [-0.4, -0.2) is 21.6 Å². The smallest absolute Gasteiger partial charge is 0.241 e. The van der Waals surface area contributed by atoms with Crippen LogP contribution in [0, 0.1) is 25.7 Å². The van der Waals surface area contributed by atoms with Gasteiger partial charge in [0.05, 0.1) is 12.0 Å². The van der Waals surface area contributed by atoms with Crippen molar-refractivity contribution in [3.05, 3.63) is 23.3 Å². The van der Waals surface area contributed by atoms with E-state index in [-0.39, 0.29) is 6.04 Å². The summed E-state index contributed by atoms with van der Waals surface area (Å²) in [5.74, 6) is 1.95. The van der Waals surface area contributed by atoms with Crippen LogP contribution in [0.5, 0.6) is 5.75 Å². The Morgan fingerprint density at radius 2 is 1.81 bits per heavy atom. The first-order valence-electron chi connectivity index (χ1n) is 7.58. The molecule has 0 spiro atoms. The molecule has 21 heavy (non-hydrogen) atoms. The maximum Gasteiger partial charge on any atom is 0.241 e. The number of ether oxygens (including phenoxy) is 1. The predicted octanol–water partition coefficient (Wildman–Crippen LogP) is 2.78. The van der Waals surface area contributed by atoms with Gasteiger partial charge in [0.15, 0.2) is 0 Å². The van der Waals surface area contributed by atoms with Crippen LogP contribution in [0.3, 0.4) is 0 Å². The van der Waals surface area contributed by atoms with E-state index in [9.17, 15) is 8.42 Å². The minimum atomic E-state index is -3.46. The van der Waals surface area contributed by atoms with E-state index in [4.69, 9.17) is 4.74 Å². The first-order valence-corrected chi connectivity index (χ1v) is 9.06. The number of aryl methyl sites for hydroxylation is 2. The van der Waals surface area contributed by atoms with Crippen molar-refractivity contribution in [1.29, 1.82) is 0 Å². The lowest BCUT2D eigenvalue weighted by atomic mass is 9.96. The monoisotopic (exact) mass is 309 g/mol. The molecular weight excluding hydrogens is 286 g/mol. The molecule has 3 rings (SSSR count). The first-order chi connectivity index (χ1) is 9.90. The molecule has 1 N–H and O–H groups in total. The summed E-state index contributed by atoms with van der Waals surface area (Å²) in [5, 5.41) is 0. The highest BCUT2D eigenvalue weighted by Crippen LogP contribution is 2.45. The van der Waals surface area contributed by atoms with E-state index in [1.54, 1.807) is 19.2 Å². The fourth-order valence-electron chi connectivity index (χ4n) is 4.10. The number of rotatable bonds is 4. The molecule has 1 aromatic carbocycles. The molecule has 0 radical (unpaired) electrons. The van der Waals surface area contributed by atoms with E-state index >= 15 is 0 Å². The summed E-state index contributed by atoms with van der Waals surface area (Å²) in [5.41, 5.74) is 1.48. The van der Waals surface area contributed by atoms with Crippen LogP contribution in [-0.2, 0) is 10.0 Å². The van der Waals surface area contributed by atoms with Crippen molar-refractivity contribution in [2.24, 2.45) is 11.8 Å². The lowest BCUT2D eigenvalue weighted by Crippen LogP contribution is -2.38. The number of nitrogens with one attached hydrogen (secondary N) is 1. The molecule has 2 bridgehead atoms. The average Bonchev–Trinajstić information content (AvgIpc) is 2.98. The number of benzene rings is 1. The Hall–Kier alpha value is -1.07. The van der Waals surface area contributed by atoms with Crippen molar-refractivity contribution in [1.82, 2.24) is 4.72 Å². The molecule has 3 atom stereocenters. The zero-order chi connectivity index (χ0) is 15.2. The maximum absolute atomic E-state index is 12.8. The predicted molar refractivity (Wildman–Crippen MR) is 82.0 cm³/mol. The lowest BCUT2D eigenvalue weighted by Gasteiger charge is -2.24. The molecule has 4 nitrogen and oxygen atoms in total. The highest BCUT2D eigenvalue weighted by molar-refractivity contribution is 7.89. The molecular formula is C16H23NO3S. The van der Waals surface area contributed by atoms with Crippen molar-refractivity contribution in [2.45, 2.75) is 50.5 Å². The molecule has 1 aromatic rings. The van der Waals surface area contributed by atoms with E-state index in [2.05, 4.69) is 4.72 Å². The van der Waals surface area contributed by atoms with Crippen molar-refractivity contribution in [2.75, 3.05) is 7.11 Å². The van der Waals surface area contributed by atoms with Crippen LogP contribution in [0.2, 0.25) is 0 Å². The van der Waals surface area contributed by atoms with Crippen LogP contribution >= 0.6 is 0 Å². The van der Waals surface area contributed by atoms with E-state index in [1.807, 2.05) is 13.8 Å². The van der Waals surface area contributed by atoms with E-state index in [0.29, 0.717) is 16.6 Å². The van der Waals surface area contributed by atoms with Gasteiger partial charge in [-0.1, -0.05) is 6.42 Å². The third kappa shape index (κ3) is 2.69. The summed E-state index contributed by atoms with van der Waals surface area (Å²) in [6.07, 6.45) is 4.62. The molecule has 0 aliphatic heterocycles. The van der Waals surface area contributed by atoms with Gasteiger partial charge in [0.1, 0.15) is 5.75 Å². The minimum Gasteiger partial charge on any atom is -0.497 e. The van der Waals surface area contributed by atoms with Gasteiger partial charge in [0.2, 0.25) is 10.0 Å². The third-order valence-corrected chi connectivity index (χ3v) is 6.78. The van der Waals surface area contributed by atoms with Crippen LogP contribution in [0.4, 0.5) is 0 Å². The summed E-state index contributed by atoms with van der Waals surface area (Å²) in [6, 6.07) is 3.68. The topological polar surface area (TPSA) is 55.4 Å². The molecule has 5 heteroatoms. The van der Waals surface area contributed by atoms with Gasteiger partial charge in [0, 0.05) is 6.04 Å². The van der Waals surface area contributed by atoms with Gasteiger partial charge >= 0.3 is 0 Å². The van der Waals surface area contributed by atoms with Crippen LogP contribution in [0.1, 0.15) is 36.8 Å². The molecule has 2 saturated carbocycles. The lowest BCUT2D eigenvalue weighted by molar-refractivity contribution is 0.390. The number of fused-ring (bicyclic) bond motifs is 2. The summed E-state index contributed by atoms with van der Waals surface area (Å²) >= 11 is 0. The Morgan fingerprint density at radius 3 is 2.29 bits per heavy atom. The van der Waals surface area contributed by atoms with Crippen LogP contribution in [0.15, 0.2) is 17.0 Å². The van der Waals surface area contributed by atoms with Crippen molar-refractivity contribution in [3.63, 3.8) is 0 Å². The second-order valence-corrected chi connectivity index (χ2v) is 8.14. The number of hydrogen-bond donors (Lipinski definition) is 1. The van der Waals surface area contributed by atoms with Gasteiger partial charge in [-0.25, -0.2) is 13.1 Å². The molecule has 2 fully saturated rings. The van der Waals surface area contributed by atoms with Crippen molar-refractivity contribution >= 4 is 10.0 Å². The quantitative estimate of drug-likeness (QED) is 0.930. The third-order valence-electron chi connectivity index (χ3n) is 4.98. The molecule has 0 amide bonds. The Morgan fingerprint density at radius 1 is 1.14 bits per heavy atom. The SMILES string of the molecule is COc1cc(C)c(S(=O)(=O)N[C@@H]2C[C@H]3CC[C@H]2C3)c(C)c1. The highest BCUT2D eigenvalue weighted by atomic mass is 32.2. The van der Waals surface area contributed by atoms with E-state index in [0.717, 1.165) is 23.5 Å². The van der Waals surface area contributed by atoms with Crippen molar-refractivity contribution in [3.8, 4) is 5.75 Å². The second kappa shape index (κ2) is 5.29. The molecule has 2 aliphatic rings. The van der Waals surface area contributed by atoms with Crippen molar-refractivity contribution < 1.29 is 13.2 Å². The molecule has 0 aromatic heterocycles. The Kier molecular flexibility index (Phi) is 3.74. The normalized spacial score (nSPS) is 28.0. The fourth-order valence-corrected chi connectivity index (χ4v) is 5.87. The molecule has 0 unspecified atom stereocenters. The Balaban J connectivity index is 1.88. The van der Waals surface area contributed by atoms with Gasteiger partial charge in [-0.2, -0.15) is 0 Å². The summed E-state index contributed by atoms with van der Waals surface area (Å²) in [4.78, 5) is 0.408. The minimum absolute atomic E-state index is 0.120. The molecule has 2 aliphatic carbocycles. The summed E-state index contributed by atoms with van der Waals surface area (Å²) < 4.78 is 33.7. The number of sulfonamides is 1. The van der Waals surface area contributed by atoms with Gasteiger partial charge in [-0.05, 0) is 68.2 Å². The molecule has 0 saturated heterocycles. The zero-order valence-electron chi connectivity index (χ0n) is 12.8. The van der Waals surface area contributed by atoms with Crippen LogP contribution < -0.4 is 9.46 Å². The van der Waals surface area contributed by atoms with E-state index < -0.39 is 10.0 Å². The standard InChI is InChI=1S/C16H23NO3S/c1-10-6-14(20-3)7-11(2)16(10)21(18,19)17-15-9-12-4-5-13(15)8-12/h6-7,12-13,15,17H,4-5,8-9H2,1-3H3/t12-,13-,15+/m0/s1. The Bertz CT molecular complexity index is 630. The highest BCUT2D eigenvalue weighted by Gasteiger charge is 2.41.